The van der Waals surface area contributed by atoms with Crippen LogP contribution in [0.5, 0.6) is 11.5 Å². The summed E-state index contributed by atoms with van der Waals surface area (Å²) < 4.78 is 13.3. The molecule has 1 unspecified atom stereocenters. The lowest BCUT2D eigenvalue weighted by molar-refractivity contribution is -0.123. The van der Waals surface area contributed by atoms with Crippen LogP contribution < -0.4 is 9.47 Å². The second-order valence-corrected chi connectivity index (χ2v) is 12.3. The molecule has 6 heteroatoms. The Hall–Kier alpha value is -2.60. The van der Waals surface area contributed by atoms with Crippen LogP contribution in [0.15, 0.2) is 22.8 Å². The average molecular weight is 521 g/mol. The highest BCUT2D eigenvalue weighted by Crippen LogP contribution is 2.52. The molecule has 1 aromatic carbocycles. The van der Waals surface area contributed by atoms with Gasteiger partial charge in [0.25, 0.3) is 11.7 Å². The summed E-state index contributed by atoms with van der Waals surface area (Å²) in [5, 5.41) is 0. The summed E-state index contributed by atoms with van der Waals surface area (Å²) in [6.45, 7) is 11.3. The number of hydrogen-bond acceptors (Lipinski definition) is 5. The summed E-state index contributed by atoms with van der Waals surface area (Å²) in [5.74, 6) is 1.31. The normalized spacial score (nSPS) is 27.3. The molecule has 1 aromatic rings. The van der Waals surface area contributed by atoms with E-state index in [0.29, 0.717) is 31.5 Å². The summed E-state index contributed by atoms with van der Waals surface area (Å²) in [6.07, 6.45) is 9.62. The van der Waals surface area contributed by atoms with Gasteiger partial charge in [0.05, 0.1) is 0 Å². The number of Topliss-reactive ketones (excluding diaryl/α,β-unsaturated/α-hetero) is 1. The molecule has 0 bridgehead atoms. The van der Waals surface area contributed by atoms with Crippen molar-refractivity contribution < 1.29 is 19.1 Å². The summed E-state index contributed by atoms with van der Waals surface area (Å²) in [5.41, 5.74) is 6.72. The average Bonchev–Trinajstić information content (AvgIpc) is 3.25. The van der Waals surface area contributed by atoms with E-state index in [4.69, 9.17) is 9.47 Å². The molecule has 6 nitrogen and oxygen atoms in total. The number of amides is 1. The first kappa shape index (κ1) is 27.0. The van der Waals surface area contributed by atoms with Gasteiger partial charge in [0.1, 0.15) is 0 Å². The van der Waals surface area contributed by atoms with Gasteiger partial charge in [-0.2, -0.15) is 0 Å². The molecule has 0 N–H and O–H groups in total. The molecule has 2 aliphatic carbocycles. The first-order chi connectivity index (χ1) is 18.0. The van der Waals surface area contributed by atoms with Crippen molar-refractivity contribution in [3.05, 3.63) is 45.0 Å². The predicted octanol–water partition coefficient (Wildman–Crippen LogP) is 5.93. The Labute approximate surface area is 228 Å². The van der Waals surface area contributed by atoms with Crippen LogP contribution in [-0.4, -0.2) is 60.5 Å². The number of benzene rings is 1. The zero-order valence-corrected chi connectivity index (χ0v) is 24.3. The minimum Gasteiger partial charge on any atom is -0.448 e. The van der Waals surface area contributed by atoms with E-state index < -0.39 is 5.79 Å². The van der Waals surface area contributed by atoms with Crippen molar-refractivity contribution in [1.82, 2.24) is 9.80 Å². The van der Waals surface area contributed by atoms with Gasteiger partial charge < -0.3 is 19.3 Å². The molecule has 0 aromatic heterocycles. The van der Waals surface area contributed by atoms with E-state index in [-0.39, 0.29) is 11.7 Å². The van der Waals surface area contributed by atoms with Crippen molar-refractivity contribution in [2.24, 2.45) is 5.92 Å². The quantitative estimate of drug-likeness (QED) is 0.466. The summed E-state index contributed by atoms with van der Waals surface area (Å²) >= 11 is 0. The molecule has 206 valence electrons. The lowest BCUT2D eigenvalue weighted by Crippen LogP contribution is -2.46. The van der Waals surface area contributed by atoms with Gasteiger partial charge in [0.15, 0.2) is 17.3 Å². The molecule has 0 radical (unpaired) electrons. The number of rotatable bonds is 6. The molecule has 2 heterocycles. The molecule has 1 amide bonds. The number of ketones is 1. The van der Waals surface area contributed by atoms with Gasteiger partial charge in [-0.05, 0) is 90.1 Å². The molecular formula is C32H44N2O4. The van der Waals surface area contributed by atoms with E-state index in [1.54, 1.807) is 0 Å². The zero-order valence-electron chi connectivity index (χ0n) is 24.3. The number of carbonyl (C=O) groups excluding carboxylic acids is 2. The van der Waals surface area contributed by atoms with Crippen LogP contribution in [0.1, 0.15) is 92.8 Å². The molecule has 38 heavy (non-hydrogen) atoms. The highest BCUT2D eigenvalue weighted by Gasteiger charge is 2.48. The lowest BCUT2D eigenvalue weighted by Gasteiger charge is -2.39. The number of ether oxygens (including phenoxy) is 2. The van der Waals surface area contributed by atoms with Crippen LogP contribution in [-0.2, 0) is 11.2 Å². The van der Waals surface area contributed by atoms with Gasteiger partial charge in [-0.1, -0.05) is 25.0 Å². The molecule has 2 aliphatic heterocycles. The van der Waals surface area contributed by atoms with Gasteiger partial charge in [0.2, 0.25) is 0 Å². The number of allylic oxidation sites excluding steroid dienone is 3. The maximum Gasteiger partial charge on any atom is 0.254 e. The highest BCUT2D eigenvalue weighted by atomic mass is 16.7. The topological polar surface area (TPSA) is 59.1 Å². The Kier molecular flexibility index (Phi) is 7.23. The van der Waals surface area contributed by atoms with Crippen molar-refractivity contribution in [3.8, 4) is 11.5 Å². The van der Waals surface area contributed by atoms with Crippen molar-refractivity contribution in [3.63, 3.8) is 0 Å². The van der Waals surface area contributed by atoms with Crippen molar-refractivity contribution in [2.45, 2.75) is 97.8 Å². The number of hydrogen-bond donors (Lipinski definition) is 0. The molecular weight excluding hydrogens is 476 g/mol. The maximum absolute atomic E-state index is 13.9. The van der Waals surface area contributed by atoms with E-state index in [9.17, 15) is 9.59 Å². The summed E-state index contributed by atoms with van der Waals surface area (Å²) in [6, 6.07) is 0.612. The van der Waals surface area contributed by atoms with E-state index >= 15 is 0 Å². The third-order valence-corrected chi connectivity index (χ3v) is 9.38. The van der Waals surface area contributed by atoms with E-state index in [1.807, 2.05) is 18.7 Å². The van der Waals surface area contributed by atoms with Crippen LogP contribution >= 0.6 is 0 Å². The molecule has 1 atom stereocenters. The Morgan fingerprint density at radius 2 is 1.68 bits per heavy atom. The third kappa shape index (κ3) is 4.59. The highest BCUT2D eigenvalue weighted by molar-refractivity contribution is 6.03. The maximum atomic E-state index is 13.9. The second-order valence-electron chi connectivity index (χ2n) is 12.3. The monoisotopic (exact) mass is 520 g/mol. The first-order valence-electron chi connectivity index (χ1n) is 14.5. The predicted molar refractivity (Wildman–Crippen MR) is 150 cm³/mol. The number of nitrogens with zero attached hydrogens (tertiary/aromatic N) is 2. The molecule has 5 rings (SSSR count). The fraction of sp³-hybridized carbons (Fsp3) is 0.625. The van der Waals surface area contributed by atoms with Crippen molar-refractivity contribution in [1.29, 1.82) is 0 Å². The van der Waals surface area contributed by atoms with Crippen LogP contribution in [0.2, 0.25) is 0 Å². The van der Waals surface area contributed by atoms with E-state index in [2.05, 4.69) is 45.8 Å². The van der Waals surface area contributed by atoms with Crippen LogP contribution in [0, 0.1) is 19.8 Å². The van der Waals surface area contributed by atoms with Gasteiger partial charge >= 0.3 is 0 Å². The van der Waals surface area contributed by atoms with E-state index in [1.165, 1.54) is 0 Å². The van der Waals surface area contributed by atoms with Crippen LogP contribution in [0.4, 0.5) is 0 Å². The Bertz CT molecular complexity index is 1220. The third-order valence-electron chi connectivity index (χ3n) is 9.38. The van der Waals surface area contributed by atoms with Gasteiger partial charge in [-0.3, -0.25) is 9.59 Å². The summed E-state index contributed by atoms with van der Waals surface area (Å²) in [7, 11) is 4.32. The van der Waals surface area contributed by atoms with E-state index in [0.717, 1.165) is 95.4 Å². The zero-order chi connectivity index (χ0) is 27.4. The Balaban J connectivity index is 1.42. The van der Waals surface area contributed by atoms with Gasteiger partial charge in [-0.25, -0.2) is 0 Å². The minimum atomic E-state index is -0.708. The smallest absolute Gasteiger partial charge is 0.254 e. The fourth-order valence-electron chi connectivity index (χ4n) is 7.07. The molecule has 4 aliphatic rings. The van der Waals surface area contributed by atoms with Crippen molar-refractivity contribution >= 4 is 11.7 Å². The molecule has 1 saturated carbocycles. The van der Waals surface area contributed by atoms with Crippen LogP contribution in [0.3, 0.4) is 0 Å². The number of fused-ring (bicyclic) bond motifs is 2. The Morgan fingerprint density at radius 1 is 1.03 bits per heavy atom. The second kappa shape index (κ2) is 10.2. The van der Waals surface area contributed by atoms with Gasteiger partial charge in [-0.15, -0.1) is 0 Å². The lowest BCUT2D eigenvalue weighted by atomic mass is 9.81. The number of carbonyl (C=O) groups is 2. The SMILES string of the molecule is CCCC1=C(CN2CCc3c(C)c4c(c(C)c3C2=O)OC(C)(C2CCC(N(C)C)CC2)O4)C(=O)CC(C)=C1. The largest absolute Gasteiger partial charge is 0.448 e. The van der Waals surface area contributed by atoms with Crippen LogP contribution in [0.25, 0.3) is 0 Å². The molecule has 1 fully saturated rings. The Morgan fingerprint density at radius 3 is 2.32 bits per heavy atom. The summed E-state index contributed by atoms with van der Waals surface area (Å²) in [4.78, 5) is 31.1. The van der Waals surface area contributed by atoms with Crippen molar-refractivity contribution in [2.75, 3.05) is 27.2 Å². The fourth-order valence-corrected chi connectivity index (χ4v) is 7.07. The minimum absolute atomic E-state index is 0.000711. The van der Waals surface area contributed by atoms with Gasteiger partial charge in [0, 0.05) is 55.1 Å². The standard InChI is InChI=1S/C32H44N2O4/c1-8-9-22-16-19(2)17-27(35)26(22)18-34-15-14-25-20(3)29-30(21(4)28(25)31(34)36)38-32(5,37-29)23-10-12-24(13-11-23)33(6)7/h16,23-24H,8-15,17-18H2,1-7H3. The first-order valence-corrected chi connectivity index (χ1v) is 14.5. The molecule has 0 saturated heterocycles. The molecule has 0 spiro atoms.